The molecule has 2 atom stereocenters. The van der Waals surface area contributed by atoms with Gasteiger partial charge in [0.1, 0.15) is 11.4 Å². The van der Waals surface area contributed by atoms with Crippen LogP contribution in [0.4, 0.5) is 10.6 Å². The molecule has 2 aliphatic rings. The Kier molecular flexibility index (Phi) is 7.35. The number of aromatic nitrogens is 2. The highest BCUT2D eigenvalue weighted by Crippen LogP contribution is 2.27. The van der Waals surface area contributed by atoms with E-state index in [4.69, 9.17) is 9.47 Å². The molecule has 33 heavy (non-hydrogen) atoms. The van der Waals surface area contributed by atoms with Gasteiger partial charge in [0, 0.05) is 19.2 Å². The molecule has 1 N–H and O–H groups in total. The number of amides is 2. The van der Waals surface area contributed by atoms with E-state index in [1.54, 1.807) is 33.8 Å². The van der Waals surface area contributed by atoms with E-state index >= 15 is 0 Å². The number of carbonyl (C=O) groups is 3. The highest BCUT2D eigenvalue weighted by atomic mass is 32.2. The summed E-state index contributed by atoms with van der Waals surface area (Å²) in [6.07, 6.45) is 1.14. The van der Waals surface area contributed by atoms with Gasteiger partial charge in [-0.2, -0.15) is 5.10 Å². The fourth-order valence-electron chi connectivity index (χ4n) is 3.95. The topological polar surface area (TPSA) is 137 Å². The van der Waals surface area contributed by atoms with Crippen molar-refractivity contribution in [1.82, 2.24) is 14.7 Å². The number of esters is 1. The number of anilines is 1. The highest BCUT2D eigenvalue weighted by Gasteiger charge is 2.33. The number of likely N-dealkylation sites (tertiary alicyclic amines) is 1. The predicted molar refractivity (Wildman–Crippen MR) is 119 cm³/mol. The van der Waals surface area contributed by atoms with Gasteiger partial charge in [0.25, 0.3) is 5.91 Å². The number of ether oxygens (including phenoxy) is 2. The second-order valence-corrected chi connectivity index (χ2v) is 11.8. The zero-order chi connectivity index (χ0) is 24.4. The van der Waals surface area contributed by atoms with Gasteiger partial charge >= 0.3 is 12.1 Å². The number of sulfone groups is 1. The molecule has 3 rings (SSSR count). The van der Waals surface area contributed by atoms with E-state index in [0.29, 0.717) is 37.3 Å². The lowest BCUT2D eigenvalue weighted by Gasteiger charge is -2.33. The summed E-state index contributed by atoms with van der Waals surface area (Å²) in [6.45, 7) is 7.26. The number of aryl methyl sites for hydroxylation is 1. The Morgan fingerprint density at radius 1 is 1.24 bits per heavy atom. The van der Waals surface area contributed by atoms with Crippen molar-refractivity contribution in [1.29, 1.82) is 0 Å². The summed E-state index contributed by atoms with van der Waals surface area (Å²) >= 11 is 0. The Labute approximate surface area is 193 Å². The number of nitrogens with zero attached hydrogens (tertiary/aromatic N) is 3. The largest absolute Gasteiger partial charge is 0.455 e. The molecule has 11 nitrogen and oxygen atoms in total. The molecule has 1 aromatic rings. The second kappa shape index (κ2) is 9.70. The van der Waals surface area contributed by atoms with Crippen molar-refractivity contribution in [2.75, 3.05) is 36.5 Å². The zero-order valence-electron chi connectivity index (χ0n) is 19.5. The molecule has 12 heteroatoms. The third kappa shape index (κ3) is 6.92. The van der Waals surface area contributed by atoms with Crippen molar-refractivity contribution >= 4 is 33.6 Å². The number of carbonyl (C=O) groups excluding carboxylic acids is 3. The van der Waals surface area contributed by atoms with Crippen molar-refractivity contribution in [2.45, 2.75) is 58.6 Å². The van der Waals surface area contributed by atoms with Gasteiger partial charge in [-0.25, -0.2) is 17.9 Å². The minimum Gasteiger partial charge on any atom is -0.455 e. The molecule has 184 valence electrons. The minimum absolute atomic E-state index is 0.0260. The summed E-state index contributed by atoms with van der Waals surface area (Å²) < 4.78 is 35.7. The lowest BCUT2D eigenvalue weighted by atomic mass is 9.98. The minimum atomic E-state index is -3.11. The maximum Gasteiger partial charge on any atom is 0.410 e. The third-order valence-electron chi connectivity index (χ3n) is 5.43. The van der Waals surface area contributed by atoms with Gasteiger partial charge in [0.05, 0.1) is 29.2 Å². The molecule has 0 saturated carbocycles. The maximum absolute atomic E-state index is 12.5. The zero-order valence-corrected chi connectivity index (χ0v) is 20.3. The Hall–Kier alpha value is -2.63. The van der Waals surface area contributed by atoms with Crippen molar-refractivity contribution in [3.63, 3.8) is 0 Å². The summed E-state index contributed by atoms with van der Waals surface area (Å²) in [5, 5.41) is 6.96. The van der Waals surface area contributed by atoms with Gasteiger partial charge in [-0.05, 0) is 47.0 Å². The fraction of sp³-hybridized carbons (Fsp3) is 0.714. The van der Waals surface area contributed by atoms with Gasteiger partial charge < -0.3 is 19.7 Å². The number of nitrogens with one attached hydrogen (secondary N) is 1. The lowest BCUT2D eigenvalue weighted by Crippen LogP contribution is -2.45. The van der Waals surface area contributed by atoms with Crippen LogP contribution in [0, 0.1) is 12.8 Å². The molecular formula is C21H32N4O7S. The first-order valence-corrected chi connectivity index (χ1v) is 12.9. The van der Waals surface area contributed by atoms with Crippen LogP contribution in [-0.4, -0.2) is 77.9 Å². The maximum atomic E-state index is 12.5. The molecule has 0 bridgehead atoms. The molecule has 0 spiro atoms. The lowest BCUT2D eigenvalue weighted by molar-refractivity contribution is -0.153. The van der Waals surface area contributed by atoms with Crippen molar-refractivity contribution in [2.24, 2.45) is 5.92 Å². The molecule has 2 unspecified atom stereocenters. The normalized spacial score (nSPS) is 22.6. The van der Waals surface area contributed by atoms with E-state index in [0.717, 1.165) is 0 Å². The smallest absolute Gasteiger partial charge is 0.410 e. The highest BCUT2D eigenvalue weighted by molar-refractivity contribution is 7.91. The van der Waals surface area contributed by atoms with Crippen molar-refractivity contribution in [3.8, 4) is 0 Å². The van der Waals surface area contributed by atoms with Crippen LogP contribution in [0.1, 0.15) is 51.8 Å². The third-order valence-corrected chi connectivity index (χ3v) is 7.18. The predicted octanol–water partition coefficient (Wildman–Crippen LogP) is 1.68. The molecular weight excluding hydrogens is 452 g/mol. The molecule has 2 fully saturated rings. The molecule has 0 aromatic carbocycles. The standard InChI is InChI=1S/C21H32N4O7S/c1-14-10-17(25(23-14)16-7-9-33(29,30)13-16)22-18(26)12-31-19(27)15-6-5-8-24(11-15)20(28)32-21(2,3)4/h10,15-16H,5-9,11-13H2,1-4H3,(H,22,26). The van der Waals surface area contributed by atoms with Crippen LogP contribution in [0.5, 0.6) is 0 Å². The van der Waals surface area contributed by atoms with Gasteiger partial charge in [-0.15, -0.1) is 0 Å². The van der Waals surface area contributed by atoms with E-state index in [2.05, 4.69) is 10.4 Å². The first-order valence-electron chi connectivity index (χ1n) is 11.0. The summed E-state index contributed by atoms with van der Waals surface area (Å²) in [7, 11) is -3.11. The first-order chi connectivity index (χ1) is 15.3. The number of hydrogen-bond acceptors (Lipinski definition) is 8. The summed E-state index contributed by atoms with van der Waals surface area (Å²) in [5.74, 6) is -1.21. The van der Waals surface area contributed by atoms with Crippen LogP contribution < -0.4 is 5.32 Å². The Morgan fingerprint density at radius 3 is 2.61 bits per heavy atom. The van der Waals surface area contributed by atoms with E-state index in [1.165, 1.54) is 9.58 Å². The molecule has 2 saturated heterocycles. The number of hydrogen-bond donors (Lipinski definition) is 1. The van der Waals surface area contributed by atoms with Crippen LogP contribution in [0.15, 0.2) is 6.07 Å². The number of rotatable bonds is 5. The summed E-state index contributed by atoms with van der Waals surface area (Å²) in [6, 6.07) is 1.30. The van der Waals surface area contributed by atoms with Gasteiger partial charge in [-0.3, -0.25) is 9.59 Å². The summed E-state index contributed by atoms with van der Waals surface area (Å²) in [5.41, 5.74) is 0.00643. The monoisotopic (exact) mass is 484 g/mol. The van der Waals surface area contributed by atoms with Gasteiger partial charge in [0.15, 0.2) is 16.4 Å². The quantitative estimate of drug-likeness (QED) is 0.623. The molecule has 2 amide bonds. The van der Waals surface area contributed by atoms with Crippen molar-refractivity contribution in [3.05, 3.63) is 11.8 Å². The van der Waals surface area contributed by atoms with E-state index < -0.39 is 45.9 Å². The summed E-state index contributed by atoms with van der Waals surface area (Å²) in [4.78, 5) is 38.7. The molecule has 0 radical (unpaired) electrons. The Bertz CT molecular complexity index is 1010. The Morgan fingerprint density at radius 2 is 1.97 bits per heavy atom. The molecule has 3 heterocycles. The number of piperidine rings is 1. The first kappa shape index (κ1) is 25.0. The average molecular weight is 485 g/mol. The molecule has 2 aliphatic heterocycles. The molecule has 1 aromatic heterocycles. The van der Waals surface area contributed by atoms with Crippen LogP contribution in [-0.2, 0) is 28.9 Å². The van der Waals surface area contributed by atoms with Crippen LogP contribution in [0.25, 0.3) is 0 Å². The van der Waals surface area contributed by atoms with Crippen LogP contribution in [0.2, 0.25) is 0 Å². The van der Waals surface area contributed by atoms with Gasteiger partial charge in [0.2, 0.25) is 0 Å². The Balaban J connectivity index is 1.52. The van der Waals surface area contributed by atoms with E-state index in [9.17, 15) is 22.8 Å². The SMILES string of the molecule is Cc1cc(NC(=O)COC(=O)C2CCCN(C(=O)OC(C)(C)C)C2)n(C2CCS(=O)(=O)C2)n1. The van der Waals surface area contributed by atoms with E-state index in [1.807, 2.05) is 0 Å². The van der Waals surface area contributed by atoms with Crippen LogP contribution in [0.3, 0.4) is 0 Å². The average Bonchev–Trinajstić information content (AvgIpc) is 3.26. The fourth-order valence-corrected chi connectivity index (χ4v) is 5.64. The van der Waals surface area contributed by atoms with Gasteiger partial charge in [-0.1, -0.05) is 0 Å². The van der Waals surface area contributed by atoms with Crippen LogP contribution >= 0.6 is 0 Å². The molecule has 0 aliphatic carbocycles. The van der Waals surface area contributed by atoms with E-state index in [-0.39, 0.29) is 24.1 Å². The van der Waals surface area contributed by atoms with Crippen molar-refractivity contribution < 1.29 is 32.3 Å². The second-order valence-electron chi connectivity index (χ2n) is 9.59.